The Bertz CT molecular complexity index is 527. The van der Waals surface area contributed by atoms with Crippen molar-refractivity contribution in [2.24, 2.45) is 5.92 Å². The van der Waals surface area contributed by atoms with E-state index in [1.54, 1.807) is 4.90 Å². The molecule has 0 aliphatic carbocycles. The number of benzene rings is 1. The highest BCUT2D eigenvalue weighted by Gasteiger charge is 2.25. The monoisotopic (exact) mass is 317 g/mol. The summed E-state index contributed by atoms with van der Waals surface area (Å²) in [4.78, 5) is 16.5. The van der Waals surface area contributed by atoms with Crippen LogP contribution in [0.5, 0.6) is 0 Å². The molecular weight excluding hydrogens is 290 g/mol. The summed E-state index contributed by atoms with van der Waals surface area (Å²) >= 11 is 0. The van der Waals surface area contributed by atoms with Gasteiger partial charge in [0.1, 0.15) is 0 Å². The van der Waals surface area contributed by atoms with Gasteiger partial charge in [0.25, 0.3) is 0 Å². The van der Waals surface area contributed by atoms with Crippen molar-refractivity contribution < 1.29 is 9.90 Å². The second-order valence-electron chi connectivity index (χ2n) is 6.67. The average Bonchev–Trinajstić information content (AvgIpc) is 2.89. The van der Waals surface area contributed by atoms with E-state index >= 15 is 0 Å². The van der Waals surface area contributed by atoms with E-state index < -0.39 is 0 Å². The van der Waals surface area contributed by atoms with Gasteiger partial charge in [-0.15, -0.1) is 0 Å². The Labute approximate surface area is 138 Å². The number of nitrogens with zero attached hydrogens (tertiary/aromatic N) is 2. The average molecular weight is 317 g/mol. The van der Waals surface area contributed by atoms with Crippen LogP contribution in [0.15, 0.2) is 24.3 Å². The summed E-state index contributed by atoms with van der Waals surface area (Å²) in [7, 11) is 0. The van der Waals surface area contributed by atoms with E-state index in [0.717, 1.165) is 31.7 Å². The fourth-order valence-electron chi connectivity index (χ4n) is 3.48. The minimum Gasteiger partial charge on any atom is -0.396 e. The highest BCUT2D eigenvalue weighted by atomic mass is 16.3. The van der Waals surface area contributed by atoms with E-state index in [-0.39, 0.29) is 18.6 Å². The molecular formula is C18H27N3O2. The number of hydrogen-bond acceptors (Lipinski definition) is 3. The number of carbonyl (C=O) groups is 1. The van der Waals surface area contributed by atoms with Crippen molar-refractivity contribution in [3.63, 3.8) is 0 Å². The Hall–Kier alpha value is -1.75. The third-order valence-electron chi connectivity index (χ3n) is 4.90. The van der Waals surface area contributed by atoms with Crippen LogP contribution in [-0.4, -0.2) is 48.8 Å². The maximum absolute atomic E-state index is 12.3. The van der Waals surface area contributed by atoms with Crippen molar-refractivity contribution in [2.75, 3.05) is 43.0 Å². The summed E-state index contributed by atoms with van der Waals surface area (Å²) in [5.41, 5.74) is 2.04. The Morgan fingerprint density at radius 3 is 2.65 bits per heavy atom. The third kappa shape index (κ3) is 4.16. The van der Waals surface area contributed by atoms with Crippen molar-refractivity contribution >= 4 is 17.4 Å². The van der Waals surface area contributed by atoms with Gasteiger partial charge in [0.05, 0.1) is 0 Å². The molecule has 126 valence electrons. The molecule has 2 fully saturated rings. The Kier molecular flexibility index (Phi) is 5.39. The van der Waals surface area contributed by atoms with E-state index in [9.17, 15) is 9.90 Å². The number of anilines is 2. The van der Waals surface area contributed by atoms with Gasteiger partial charge in [0, 0.05) is 50.1 Å². The van der Waals surface area contributed by atoms with Crippen LogP contribution in [0.2, 0.25) is 0 Å². The van der Waals surface area contributed by atoms with Crippen molar-refractivity contribution in [1.29, 1.82) is 0 Å². The number of aliphatic hydroxyl groups excluding tert-OH is 1. The standard InChI is InChI=1S/C18H27N3O2/c22-14-15-8-11-21(13-15)18(23)19-16-6-5-7-17(12-16)20-9-3-1-2-4-10-20/h5-7,12,15,22H,1-4,8-11,13-14H2,(H,19,23). The van der Waals surface area contributed by atoms with E-state index in [1.165, 1.54) is 31.4 Å². The number of aliphatic hydroxyl groups is 1. The largest absolute Gasteiger partial charge is 0.396 e. The number of likely N-dealkylation sites (tertiary alicyclic amines) is 1. The van der Waals surface area contributed by atoms with Gasteiger partial charge in [0.15, 0.2) is 0 Å². The first-order valence-electron chi connectivity index (χ1n) is 8.78. The predicted octanol–water partition coefficient (Wildman–Crippen LogP) is 2.91. The maximum Gasteiger partial charge on any atom is 0.321 e. The Morgan fingerprint density at radius 2 is 1.96 bits per heavy atom. The summed E-state index contributed by atoms with van der Waals surface area (Å²) in [6, 6.07) is 8.09. The highest BCUT2D eigenvalue weighted by molar-refractivity contribution is 5.90. The molecule has 1 unspecified atom stereocenters. The number of amides is 2. The number of nitrogens with one attached hydrogen (secondary N) is 1. The molecule has 1 atom stereocenters. The first-order valence-corrected chi connectivity index (χ1v) is 8.78. The van der Waals surface area contributed by atoms with Gasteiger partial charge in [0.2, 0.25) is 0 Å². The first-order chi connectivity index (χ1) is 11.3. The molecule has 1 aromatic carbocycles. The zero-order valence-corrected chi connectivity index (χ0v) is 13.7. The predicted molar refractivity (Wildman–Crippen MR) is 92.9 cm³/mol. The van der Waals surface area contributed by atoms with Crippen LogP contribution in [0.1, 0.15) is 32.1 Å². The van der Waals surface area contributed by atoms with E-state index in [1.807, 2.05) is 12.1 Å². The topological polar surface area (TPSA) is 55.8 Å². The van der Waals surface area contributed by atoms with Crippen LogP contribution in [0.3, 0.4) is 0 Å². The molecule has 3 rings (SSSR count). The van der Waals surface area contributed by atoms with Gasteiger partial charge in [-0.3, -0.25) is 0 Å². The quantitative estimate of drug-likeness (QED) is 0.901. The van der Waals surface area contributed by atoms with Crippen LogP contribution in [0.25, 0.3) is 0 Å². The third-order valence-corrected chi connectivity index (χ3v) is 4.90. The van der Waals surface area contributed by atoms with E-state index in [4.69, 9.17) is 0 Å². The van der Waals surface area contributed by atoms with Crippen molar-refractivity contribution in [3.8, 4) is 0 Å². The number of carbonyl (C=O) groups excluding carboxylic acids is 1. The van der Waals surface area contributed by atoms with Crippen molar-refractivity contribution in [2.45, 2.75) is 32.1 Å². The minimum absolute atomic E-state index is 0.0611. The first kappa shape index (κ1) is 16.1. The van der Waals surface area contributed by atoms with Crippen LogP contribution in [0, 0.1) is 5.92 Å². The van der Waals surface area contributed by atoms with Crippen LogP contribution in [0.4, 0.5) is 16.2 Å². The molecule has 23 heavy (non-hydrogen) atoms. The van der Waals surface area contributed by atoms with Crippen LogP contribution >= 0.6 is 0 Å². The smallest absolute Gasteiger partial charge is 0.321 e. The molecule has 2 amide bonds. The van der Waals surface area contributed by atoms with Gasteiger partial charge >= 0.3 is 6.03 Å². The lowest BCUT2D eigenvalue weighted by molar-refractivity contribution is 0.209. The minimum atomic E-state index is -0.0611. The van der Waals surface area contributed by atoms with Gasteiger partial charge in [-0.1, -0.05) is 18.9 Å². The van der Waals surface area contributed by atoms with Gasteiger partial charge in [-0.2, -0.15) is 0 Å². The maximum atomic E-state index is 12.3. The Morgan fingerprint density at radius 1 is 1.17 bits per heavy atom. The lowest BCUT2D eigenvalue weighted by Crippen LogP contribution is -2.33. The summed E-state index contributed by atoms with van der Waals surface area (Å²) in [5, 5.41) is 12.2. The molecule has 0 aromatic heterocycles. The van der Waals surface area contributed by atoms with E-state index in [0.29, 0.717) is 6.54 Å². The molecule has 2 saturated heterocycles. The van der Waals surface area contributed by atoms with Gasteiger partial charge in [-0.05, 0) is 37.5 Å². The van der Waals surface area contributed by atoms with Gasteiger partial charge in [-0.25, -0.2) is 4.79 Å². The van der Waals surface area contributed by atoms with Gasteiger partial charge < -0.3 is 20.2 Å². The molecule has 0 saturated carbocycles. The van der Waals surface area contributed by atoms with Crippen LogP contribution in [-0.2, 0) is 0 Å². The fraction of sp³-hybridized carbons (Fsp3) is 0.611. The molecule has 0 bridgehead atoms. The number of rotatable bonds is 3. The van der Waals surface area contributed by atoms with Crippen LogP contribution < -0.4 is 10.2 Å². The lowest BCUT2D eigenvalue weighted by atomic mass is 10.1. The normalized spacial score (nSPS) is 22.0. The van der Waals surface area contributed by atoms with Crippen molar-refractivity contribution in [1.82, 2.24) is 4.90 Å². The zero-order valence-electron chi connectivity index (χ0n) is 13.7. The summed E-state index contributed by atoms with van der Waals surface area (Å²) < 4.78 is 0. The molecule has 0 radical (unpaired) electrons. The van der Waals surface area contributed by atoms with E-state index in [2.05, 4.69) is 22.3 Å². The SMILES string of the molecule is O=C(Nc1cccc(N2CCCCCC2)c1)N1CCC(CO)C1. The molecule has 5 heteroatoms. The summed E-state index contributed by atoms with van der Waals surface area (Å²) in [5.74, 6) is 0.226. The summed E-state index contributed by atoms with van der Waals surface area (Å²) in [6.07, 6.45) is 6.00. The number of hydrogen-bond donors (Lipinski definition) is 2. The number of urea groups is 1. The molecule has 1 aromatic rings. The molecule has 2 aliphatic heterocycles. The zero-order chi connectivity index (χ0) is 16.1. The molecule has 2 N–H and O–H groups in total. The molecule has 5 nitrogen and oxygen atoms in total. The Balaban J connectivity index is 1.62. The molecule has 2 aliphatic rings. The second kappa shape index (κ2) is 7.68. The summed E-state index contributed by atoms with van der Waals surface area (Å²) in [6.45, 7) is 3.73. The molecule has 2 heterocycles. The fourth-order valence-corrected chi connectivity index (χ4v) is 3.48. The highest BCUT2D eigenvalue weighted by Crippen LogP contribution is 2.23. The van der Waals surface area contributed by atoms with Crippen molar-refractivity contribution in [3.05, 3.63) is 24.3 Å². The second-order valence-corrected chi connectivity index (χ2v) is 6.67. The molecule has 0 spiro atoms. The lowest BCUT2D eigenvalue weighted by Gasteiger charge is -2.23.